The zero-order chi connectivity index (χ0) is 19.5. The van der Waals surface area contributed by atoms with E-state index in [2.05, 4.69) is 41.5 Å². The summed E-state index contributed by atoms with van der Waals surface area (Å²) in [6.07, 6.45) is 3.98. The number of aryl methyl sites for hydroxylation is 2. The molecule has 144 valence electrons. The van der Waals surface area contributed by atoms with Gasteiger partial charge in [0.1, 0.15) is 6.10 Å². The lowest BCUT2D eigenvalue weighted by molar-refractivity contribution is -0.0248. The van der Waals surface area contributed by atoms with Gasteiger partial charge in [-0.1, -0.05) is 30.3 Å². The fourth-order valence-corrected chi connectivity index (χ4v) is 3.59. The molecule has 1 aliphatic rings. The molecule has 0 saturated carbocycles. The van der Waals surface area contributed by atoms with Gasteiger partial charge < -0.3 is 9.64 Å². The van der Waals surface area contributed by atoms with Crippen molar-refractivity contribution in [1.29, 1.82) is 0 Å². The van der Waals surface area contributed by atoms with Gasteiger partial charge in [0.25, 0.3) is 5.91 Å². The van der Waals surface area contributed by atoms with Gasteiger partial charge in [0.05, 0.1) is 30.6 Å². The molecule has 0 unspecified atom stereocenters. The van der Waals surface area contributed by atoms with E-state index >= 15 is 0 Å². The van der Waals surface area contributed by atoms with E-state index in [4.69, 9.17) is 9.72 Å². The molecule has 0 aliphatic carbocycles. The summed E-state index contributed by atoms with van der Waals surface area (Å²) in [6, 6.07) is 14.6. The normalized spacial score (nSPS) is 16.9. The summed E-state index contributed by atoms with van der Waals surface area (Å²) < 4.78 is 7.61. The van der Waals surface area contributed by atoms with Crippen LogP contribution in [0.1, 0.15) is 39.0 Å². The fourth-order valence-electron chi connectivity index (χ4n) is 3.59. The number of amides is 1. The number of pyridine rings is 1. The standard InChI is InChI=1S/C22H24N4O2/c1-16-10-18(11-17-6-4-3-5-7-17)12-20(24-16)21-15-26(8-9-28-21)22(27)19-13-23-25(2)14-19/h3-7,10,12-14,21H,8-9,11,15H2,1-2H3/t21-/m1/s1. The van der Waals surface area contributed by atoms with E-state index in [-0.39, 0.29) is 12.0 Å². The van der Waals surface area contributed by atoms with Crippen LogP contribution in [0.25, 0.3) is 0 Å². The number of hydrogen-bond donors (Lipinski definition) is 0. The van der Waals surface area contributed by atoms with E-state index in [9.17, 15) is 4.79 Å². The van der Waals surface area contributed by atoms with Crippen molar-refractivity contribution in [2.24, 2.45) is 7.05 Å². The highest BCUT2D eigenvalue weighted by Crippen LogP contribution is 2.24. The molecule has 1 aromatic carbocycles. The largest absolute Gasteiger partial charge is 0.368 e. The van der Waals surface area contributed by atoms with Gasteiger partial charge in [-0.15, -0.1) is 0 Å². The third-order valence-electron chi connectivity index (χ3n) is 4.92. The van der Waals surface area contributed by atoms with Crippen LogP contribution in [0.3, 0.4) is 0 Å². The highest BCUT2D eigenvalue weighted by molar-refractivity contribution is 5.93. The first-order valence-electron chi connectivity index (χ1n) is 9.49. The molecule has 6 heteroatoms. The highest BCUT2D eigenvalue weighted by Gasteiger charge is 2.28. The van der Waals surface area contributed by atoms with Gasteiger partial charge in [-0.3, -0.25) is 14.5 Å². The molecule has 0 bridgehead atoms. The average molecular weight is 376 g/mol. The Balaban J connectivity index is 1.52. The van der Waals surface area contributed by atoms with Crippen molar-refractivity contribution >= 4 is 5.91 Å². The molecule has 1 aliphatic heterocycles. The van der Waals surface area contributed by atoms with Crippen molar-refractivity contribution in [2.75, 3.05) is 19.7 Å². The van der Waals surface area contributed by atoms with Gasteiger partial charge in [-0.05, 0) is 36.6 Å². The lowest BCUT2D eigenvalue weighted by Gasteiger charge is -2.32. The Morgan fingerprint density at radius 1 is 1.21 bits per heavy atom. The smallest absolute Gasteiger partial charge is 0.257 e. The van der Waals surface area contributed by atoms with Gasteiger partial charge >= 0.3 is 0 Å². The van der Waals surface area contributed by atoms with E-state index in [0.29, 0.717) is 25.3 Å². The number of morpholine rings is 1. The van der Waals surface area contributed by atoms with E-state index in [1.54, 1.807) is 17.1 Å². The van der Waals surface area contributed by atoms with E-state index in [1.165, 1.54) is 11.1 Å². The lowest BCUT2D eigenvalue weighted by Crippen LogP contribution is -2.42. The topological polar surface area (TPSA) is 60.2 Å². The Bertz CT molecular complexity index is 968. The Labute approximate surface area is 164 Å². The quantitative estimate of drug-likeness (QED) is 0.702. The first-order chi connectivity index (χ1) is 13.6. The fraction of sp³-hybridized carbons (Fsp3) is 0.318. The summed E-state index contributed by atoms with van der Waals surface area (Å²) in [6.45, 7) is 3.57. The molecule has 3 heterocycles. The van der Waals surface area contributed by atoms with Gasteiger partial charge in [0.2, 0.25) is 0 Å². The number of ether oxygens (including phenoxy) is 1. The Kier molecular flexibility index (Phi) is 5.21. The number of rotatable bonds is 4. The number of nitrogens with zero attached hydrogens (tertiary/aromatic N) is 4. The second-order valence-corrected chi connectivity index (χ2v) is 7.22. The van der Waals surface area contributed by atoms with Crippen LogP contribution >= 0.6 is 0 Å². The summed E-state index contributed by atoms with van der Waals surface area (Å²) in [5.74, 6) is -0.0152. The molecule has 3 aromatic rings. The third kappa shape index (κ3) is 4.12. The molecule has 1 saturated heterocycles. The van der Waals surface area contributed by atoms with Crippen LogP contribution in [0.5, 0.6) is 0 Å². The van der Waals surface area contributed by atoms with E-state index in [0.717, 1.165) is 17.8 Å². The Morgan fingerprint density at radius 3 is 2.79 bits per heavy atom. The number of aromatic nitrogens is 3. The van der Waals surface area contributed by atoms with Crippen molar-refractivity contribution < 1.29 is 9.53 Å². The Hall–Kier alpha value is -2.99. The third-order valence-corrected chi connectivity index (χ3v) is 4.92. The first-order valence-corrected chi connectivity index (χ1v) is 9.49. The number of benzene rings is 1. The first kappa shape index (κ1) is 18.4. The zero-order valence-electron chi connectivity index (χ0n) is 16.2. The molecule has 6 nitrogen and oxygen atoms in total. The van der Waals surface area contributed by atoms with Gasteiger partial charge in [0, 0.05) is 25.5 Å². The monoisotopic (exact) mass is 376 g/mol. The summed E-state index contributed by atoms with van der Waals surface area (Å²) in [7, 11) is 1.81. The summed E-state index contributed by atoms with van der Waals surface area (Å²) >= 11 is 0. The molecule has 2 aromatic heterocycles. The minimum atomic E-state index is -0.219. The van der Waals surface area contributed by atoms with Crippen LogP contribution in [-0.4, -0.2) is 45.3 Å². The maximum absolute atomic E-state index is 12.8. The molecule has 0 N–H and O–H groups in total. The second kappa shape index (κ2) is 7.94. The van der Waals surface area contributed by atoms with Crippen LogP contribution in [0.4, 0.5) is 0 Å². The molecular weight excluding hydrogens is 352 g/mol. The predicted octanol–water partition coefficient (Wildman–Crippen LogP) is 2.93. The van der Waals surface area contributed by atoms with Crippen molar-refractivity contribution in [3.8, 4) is 0 Å². The maximum Gasteiger partial charge on any atom is 0.257 e. The SMILES string of the molecule is Cc1cc(Cc2ccccc2)cc([C@H]2CN(C(=O)c3cnn(C)c3)CCO2)n1. The molecular formula is C22H24N4O2. The van der Waals surface area contributed by atoms with Crippen molar-refractivity contribution in [3.63, 3.8) is 0 Å². The molecule has 0 spiro atoms. The van der Waals surface area contributed by atoms with Crippen molar-refractivity contribution in [3.05, 3.63) is 82.9 Å². The summed E-state index contributed by atoms with van der Waals surface area (Å²) in [5, 5.41) is 4.10. The second-order valence-electron chi connectivity index (χ2n) is 7.22. The van der Waals surface area contributed by atoms with Crippen LogP contribution in [0.15, 0.2) is 54.9 Å². The molecule has 0 radical (unpaired) electrons. The van der Waals surface area contributed by atoms with Crippen LogP contribution in [0.2, 0.25) is 0 Å². The van der Waals surface area contributed by atoms with Crippen LogP contribution in [-0.2, 0) is 18.2 Å². The number of carbonyl (C=O) groups is 1. The molecule has 28 heavy (non-hydrogen) atoms. The highest BCUT2D eigenvalue weighted by atomic mass is 16.5. The van der Waals surface area contributed by atoms with Crippen LogP contribution < -0.4 is 0 Å². The van der Waals surface area contributed by atoms with Gasteiger partial charge in [-0.2, -0.15) is 5.10 Å². The number of carbonyl (C=O) groups excluding carboxylic acids is 1. The molecule has 1 amide bonds. The van der Waals surface area contributed by atoms with Gasteiger partial charge in [0.15, 0.2) is 0 Å². The van der Waals surface area contributed by atoms with E-state index < -0.39 is 0 Å². The van der Waals surface area contributed by atoms with E-state index in [1.807, 2.05) is 24.9 Å². The van der Waals surface area contributed by atoms with Crippen LogP contribution in [0, 0.1) is 6.92 Å². The number of hydrogen-bond acceptors (Lipinski definition) is 4. The summed E-state index contributed by atoms with van der Waals surface area (Å²) in [4.78, 5) is 19.3. The summed E-state index contributed by atoms with van der Waals surface area (Å²) in [5.41, 5.74) is 4.91. The van der Waals surface area contributed by atoms with Crippen molar-refractivity contribution in [1.82, 2.24) is 19.7 Å². The molecule has 1 fully saturated rings. The lowest BCUT2D eigenvalue weighted by atomic mass is 10.0. The predicted molar refractivity (Wildman–Crippen MR) is 106 cm³/mol. The van der Waals surface area contributed by atoms with Gasteiger partial charge in [-0.25, -0.2) is 0 Å². The molecule has 1 atom stereocenters. The Morgan fingerprint density at radius 2 is 2.04 bits per heavy atom. The maximum atomic E-state index is 12.8. The zero-order valence-corrected chi connectivity index (χ0v) is 16.2. The van der Waals surface area contributed by atoms with Crippen molar-refractivity contribution in [2.45, 2.75) is 19.4 Å². The minimum Gasteiger partial charge on any atom is -0.368 e. The average Bonchev–Trinajstić information content (AvgIpc) is 3.14. The molecule has 4 rings (SSSR count). The minimum absolute atomic E-state index is 0.0152.